The van der Waals surface area contributed by atoms with Crippen LogP contribution in [0.1, 0.15) is 16.7 Å². The Bertz CT molecular complexity index is 1380. The molecule has 0 atom stereocenters. The molecule has 0 spiro atoms. The fourth-order valence-corrected chi connectivity index (χ4v) is 4.50. The molecule has 4 aromatic rings. The molecule has 31 heavy (non-hydrogen) atoms. The molecule has 1 N–H and O–H groups in total. The molecular weight excluding hydrogens is 434 g/mol. The van der Waals surface area contributed by atoms with Gasteiger partial charge in [-0.2, -0.15) is 0 Å². The summed E-state index contributed by atoms with van der Waals surface area (Å²) in [4.78, 5) is 39.0. The molecule has 0 bridgehead atoms. The Hall–Kier alpha value is -3.16. The lowest BCUT2D eigenvalue weighted by atomic mass is 10.1. The molecular formula is C23H20ClN3O3S. The van der Waals surface area contributed by atoms with Crippen molar-refractivity contribution in [2.24, 2.45) is 0 Å². The molecule has 2 aromatic carbocycles. The molecule has 2 aromatic heterocycles. The van der Waals surface area contributed by atoms with Gasteiger partial charge in [0.05, 0.1) is 11.2 Å². The van der Waals surface area contributed by atoms with Crippen molar-refractivity contribution < 1.29 is 4.79 Å². The Morgan fingerprint density at radius 1 is 1.03 bits per heavy atom. The monoisotopic (exact) mass is 453 g/mol. The zero-order valence-electron chi connectivity index (χ0n) is 17.0. The lowest BCUT2D eigenvalue weighted by Crippen LogP contribution is -2.41. The van der Waals surface area contributed by atoms with Crippen molar-refractivity contribution in [2.75, 3.05) is 0 Å². The van der Waals surface area contributed by atoms with Gasteiger partial charge >= 0.3 is 5.69 Å². The zero-order valence-corrected chi connectivity index (χ0v) is 18.6. The molecule has 0 unspecified atom stereocenters. The molecule has 4 rings (SSSR count). The summed E-state index contributed by atoms with van der Waals surface area (Å²) < 4.78 is 2.93. The number of nitrogens with zero attached hydrogens (tertiary/aromatic N) is 2. The number of halogens is 1. The van der Waals surface area contributed by atoms with Crippen molar-refractivity contribution in [3.8, 4) is 5.69 Å². The van der Waals surface area contributed by atoms with Crippen molar-refractivity contribution in [2.45, 2.75) is 26.9 Å². The second-order valence-electron chi connectivity index (χ2n) is 7.39. The van der Waals surface area contributed by atoms with Crippen LogP contribution in [-0.4, -0.2) is 15.0 Å². The third kappa shape index (κ3) is 4.33. The van der Waals surface area contributed by atoms with Crippen LogP contribution in [0.2, 0.25) is 5.02 Å². The van der Waals surface area contributed by atoms with Gasteiger partial charge in [0, 0.05) is 11.6 Å². The highest BCUT2D eigenvalue weighted by Crippen LogP contribution is 2.17. The van der Waals surface area contributed by atoms with E-state index in [1.54, 1.807) is 35.7 Å². The molecule has 0 aliphatic rings. The van der Waals surface area contributed by atoms with Gasteiger partial charge < -0.3 is 5.32 Å². The average molecular weight is 454 g/mol. The average Bonchev–Trinajstić information content (AvgIpc) is 3.20. The summed E-state index contributed by atoms with van der Waals surface area (Å²) in [5.74, 6) is -0.324. The van der Waals surface area contributed by atoms with Gasteiger partial charge in [0.25, 0.3) is 5.56 Å². The number of aryl methyl sites for hydroxylation is 2. The van der Waals surface area contributed by atoms with Gasteiger partial charge in [-0.05, 0) is 66.2 Å². The second kappa shape index (κ2) is 8.53. The molecule has 6 nitrogen and oxygen atoms in total. The lowest BCUT2D eigenvalue weighted by Gasteiger charge is -2.13. The highest BCUT2D eigenvalue weighted by atomic mass is 35.5. The molecule has 0 aliphatic heterocycles. The lowest BCUT2D eigenvalue weighted by molar-refractivity contribution is -0.121. The van der Waals surface area contributed by atoms with Crippen molar-refractivity contribution in [1.82, 2.24) is 14.5 Å². The summed E-state index contributed by atoms with van der Waals surface area (Å²) in [6.07, 6.45) is 0. The van der Waals surface area contributed by atoms with E-state index in [-0.39, 0.29) is 18.0 Å². The first-order valence-corrected chi connectivity index (χ1v) is 10.9. The van der Waals surface area contributed by atoms with Crippen LogP contribution in [0, 0.1) is 13.8 Å². The Balaban J connectivity index is 1.71. The van der Waals surface area contributed by atoms with E-state index in [9.17, 15) is 14.4 Å². The molecule has 0 saturated heterocycles. The molecule has 0 saturated carbocycles. The van der Waals surface area contributed by atoms with Crippen LogP contribution < -0.4 is 16.6 Å². The smallest absolute Gasteiger partial charge is 0.336 e. The number of amides is 1. The number of thiophene rings is 1. The van der Waals surface area contributed by atoms with E-state index in [4.69, 9.17) is 11.6 Å². The number of fused-ring (bicyclic) bond motifs is 1. The Morgan fingerprint density at radius 3 is 2.39 bits per heavy atom. The standard InChI is InChI=1S/C23H20ClN3O3S/c1-14-9-15(2)11-18(10-14)27-22(29)21-19(7-8-31-21)26(23(27)30)13-20(28)25-12-16-3-5-17(24)6-4-16/h3-11H,12-13H2,1-2H3,(H,25,28). The molecule has 1 amide bonds. The highest BCUT2D eigenvalue weighted by molar-refractivity contribution is 7.17. The topological polar surface area (TPSA) is 73.1 Å². The summed E-state index contributed by atoms with van der Waals surface area (Å²) >= 11 is 7.14. The van der Waals surface area contributed by atoms with Crippen LogP contribution in [-0.2, 0) is 17.9 Å². The van der Waals surface area contributed by atoms with E-state index in [2.05, 4.69) is 5.32 Å². The van der Waals surface area contributed by atoms with Gasteiger partial charge in [0.1, 0.15) is 11.2 Å². The van der Waals surface area contributed by atoms with Gasteiger partial charge in [-0.1, -0.05) is 29.8 Å². The van der Waals surface area contributed by atoms with Crippen molar-refractivity contribution in [3.05, 3.63) is 96.5 Å². The van der Waals surface area contributed by atoms with Crippen molar-refractivity contribution in [3.63, 3.8) is 0 Å². The van der Waals surface area contributed by atoms with Crippen LogP contribution in [0.15, 0.2) is 63.5 Å². The van der Waals surface area contributed by atoms with E-state index in [1.807, 2.05) is 32.0 Å². The fourth-order valence-electron chi connectivity index (χ4n) is 3.55. The van der Waals surface area contributed by atoms with Gasteiger partial charge in [-0.15, -0.1) is 11.3 Å². The maximum Gasteiger partial charge on any atom is 0.336 e. The minimum absolute atomic E-state index is 0.190. The zero-order chi connectivity index (χ0) is 22.1. The van der Waals surface area contributed by atoms with Gasteiger partial charge in [0.15, 0.2) is 0 Å². The predicted molar refractivity (Wildman–Crippen MR) is 124 cm³/mol. The number of benzene rings is 2. The number of hydrogen-bond acceptors (Lipinski definition) is 4. The highest BCUT2D eigenvalue weighted by Gasteiger charge is 2.18. The Labute approximate surface area is 187 Å². The Kier molecular flexibility index (Phi) is 5.80. The largest absolute Gasteiger partial charge is 0.350 e. The summed E-state index contributed by atoms with van der Waals surface area (Å²) in [6.45, 7) is 3.95. The predicted octanol–water partition coefficient (Wildman–Crippen LogP) is 3.80. The number of nitrogens with one attached hydrogen (secondary N) is 1. The maximum absolute atomic E-state index is 13.3. The summed E-state index contributed by atoms with van der Waals surface area (Å²) in [6, 6.07) is 14.4. The van der Waals surface area contributed by atoms with Crippen LogP contribution in [0.25, 0.3) is 15.9 Å². The number of rotatable bonds is 5. The Morgan fingerprint density at radius 2 is 1.71 bits per heavy atom. The van der Waals surface area contributed by atoms with E-state index in [0.29, 0.717) is 27.5 Å². The third-order valence-electron chi connectivity index (χ3n) is 4.92. The van der Waals surface area contributed by atoms with E-state index in [0.717, 1.165) is 21.3 Å². The van der Waals surface area contributed by atoms with Crippen LogP contribution in [0.4, 0.5) is 0 Å². The van der Waals surface area contributed by atoms with Crippen molar-refractivity contribution in [1.29, 1.82) is 0 Å². The molecule has 0 aliphatic carbocycles. The minimum Gasteiger partial charge on any atom is -0.350 e. The number of carbonyl (C=O) groups excluding carboxylic acids is 1. The molecule has 0 radical (unpaired) electrons. The van der Waals surface area contributed by atoms with Gasteiger partial charge in [0.2, 0.25) is 5.91 Å². The van der Waals surface area contributed by atoms with Crippen molar-refractivity contribution >= 4 is 39.1 Å². The first-order valence-electron chi connectivity index (χ1n) is 9.66. The van der Waals surface area contributed by atoms with Gasteiger partial charge in [-0.3, -0.25) is 14.2 Å². The molecule has 2 heterocycles. The first-order chi connectivity index (χ1) is 14.8. The number of carbonyl (C=O) groups is 1. The summed E-state index contributed by atoms with van der Waals surface area (Å²) in [7, 11) is 0. The second-order valence-corrected chi connectivity index (χ2v) is 8.75. The van der Waals surface area contributed by atoms with Crippen LogP contribution in [0.3, 0.4) is 0 Å². The van der Waals surface area contributed by atoms with E-state index in [1.165, 1.54) is 15.9 Å². The SMILES string of the molecule is Cc1cc(C)cc(-n2c(=O)c3sccc3n(CC(=O)NCc3ccc(Cl)cc3)c2=O)c1. The van der Waals surface area contributed by atoms with E-state index < -0.39 is 5.69 Å². The molecule has 158 valence electrons. The van der Waals surface area contributed by atoms with Crippen LogP contribution in [0.5, 0.6) is 0 Å². The minimum atomic E-state index is -0.539. The number of hydrogen-bond donors (Lipinski definition) is 1. The van der Waals surface area contributed by atoms with E-state index >= 15 is 0 Å². The van der Waals surface area contributed by atoms with Crippen LogP contribution >= 0.6 is 22.9 Å². The summed E-state index contributed by atoms with van der Waals surface area (Å²) in [5.41, 5.74) is 2.83. The third-order valence-corrected chi connectivity index (χ3v) is 6.07. The van der Waals surface area contributed by atoms with Gasteiger partial charge in [-0.25, -0.2) is 9.36 Å². The quantitative estimate of drug-likeness (QED) is 0.499. The maximum atomic E-state index is 13.3. The number of aromatic nitrogens is 2. The molecule has 8 heteroatoms. The first kappa shape index (κ1) is 21.1. The fraction of sp³-hybridized carbons (Fsp3) is 0.174. The normalized spacial score (nSPS) is 11.1. The summed E-state index contributed by atoms with van der Waals surface area (Å²) in [5, 5.41) is 5.19. The molecule has 0 fully saturated rings.